The maximum Gasteiger partial charge on any atom is 0.267 e. The van der Waals surface area contributed by atoms with Gasteiger partial charge in [-0.25, -0.2) is 9.97 Å². The molecule has 4 rings (SSSR count). The molecule has 2 aromatic heterocycles. The highest BCUT2D eigenvalue weighted by Crippen LogP contribution is 2.41. The summed E-state index contributed by atoms with van der Waals surface area (Å²) in [6, 6.07) is 13.7. The van der Waals surface area contributed by atoms with Crippen LogP contribution in [0.5, 0.6) is 0 Å². The van der Waals surface area contributed by atoms with Crippen molar-refractivity contribution in [3.05, 3.63) is 94.0 Å². The molecule has 0 bridgehead atoms. The van der Waals surface area contributed by atoms with E-state index in [1.807, 2.05) is 13.0 Å². The first-order valence-electron chi connectivity index (χ1n) is 10.7. The van der Waals surface area contributed by atoms with Crippen LogP contribution in [0.1, 0.15) is 47.3 Å². The van der Waals surface area contributed by atoms with E-state index in [0.29, 0.717) is 51.0 Å². The van der Waals surface area contributed by atoms with E-state index in [1.165, 1.54) is 18.5 Å². The van der Waals surface area contributed by atoms with Crippen LogP contribution in [0.3, 0.4) is 0 Å². The number of aromatic nitrogens is 2. The molecule has 0 unspecified atom stereocenters. The van der Waals surface area contributed by atoms with Crippen LogP contribution >= 0.6 is 11.6 Å². The van der Waals surface area contributed by atoms with Gasteiger partial charge in [-0.05, 0) is 35.7 Å². The van der Waals surface area contributed by atoms with Gasteiger partial charge in [0.25, 0.3) is 11.8 Å². The van der Waals surface area contributed by atoms with E-state index in [4.69, 9.17) is 23.1 Å². The Morgan fingerprint density at radius 2 is 1.11 bits per heavy atom. The number of benzene rings is 2. The number of hydrogen-bond donors (Lipinski definition) is 2. The van der Waals surface area contributed by atoms with Crippen LogP contribution in [-0.4, -0.2) is 34.4 Å². The number of rotatable bonds is 7. The molecular weight excluding hydrogens is 480 g/mol. The lowest BCUT2D eigenvalue weighted by atomic mass is 9.90. The zero-order valence-electron chi connectivity index (χ0n) is 19.0. The van der Waals surface area contributed by atoms with Crippen molar-refractivity contribution >= 4 is 36.0 Å². The van der Waals surface area contributed by atoms with Crippen LogP contribution in [0.4, 0.5) is 0 Å². The summed E-state index contributed by atoms with van der Waals surface area (Å²) < 4.78 is 0. The summed E-state index contributed by atoms with van der Waals surface area (Å²) in [6.07, 6.45) is 3.80. The summed E-state index contributed by atoms with van der Waals surface area (Å²) in [5, 5.41) is 0.306. The molecule has 9 heteroatoms. The highest BCUT2D eigenvalue weighted by molar-refractivity contribution is 6.36. The van der Waals surface area contributed by atoms with Gasteiger partial charge in [-0.3, -0.25) is 19.2 Å². The molecule has 0 saturated heterocycles. The van der Waals surface area contributed by atoms with Crippen molar-refractivity contribution < 1.29 is 19.2 Å². The van der Waals surface area contributed by atoms with Gasteiger partial charge in [0.2, 0.25) is 0 Å². The number of aldehydes is 2. The van der Waals surface area contributed by atoms with Crippen LogP contribution in [0, 0.1) is 6.92 Å². The number of primary amides is 2. The van der Waals surface area contributed by atoms with E-state index >= 15 is 0 Å². The lowest BCUT2D eigenvalue weighted by Crippen LogP contribution is -2.15. The molecule has 4 N–H and O–H groups in total. The Labute approximate surface area is 210 Å². The minimum Gasteiger partial charge on any atom is -0.364 e. The number of amides is 2. The van der Waals surface area contributed by atoms with E-state index in [9.17, 15) is 19.2 Å². The van der Waals surface area contributed by atoms with Crippen LogP contribution in [0.2, 0.25) is 5.02 Å². The first kappa shape index (κ1) is 24.4. The summed E-state index contributed by atoms with van der Waals surface area (Å²) in [5.41, 5.74) is 15.6. The number of pyridine rings is 2. The van der Waals surface area contributed by atoms with E-state index in [-0.39, 0.29) is 17.0 Å². The molecule has 0 aliphatic carbocycles. The summed E-state index contributed by atoms with van der Waals surface area (Å²) in [6.45, 7) is 1.84. The standard InChI is InChI=1S/C27H19ClN4O4/c1-14-17(4-2-5-18(14)21-8-15(12-33)10-31-24(21)26(29)35)19-6-3-7-20(23(19)28)22-9-16(13-34)11-32-25(22)27(30)36/h2-13H,1H3,(H2,29,35)(H2,30,36). The number of halogens is 1. The van der Waals surface area contributed by atoms with Crippen LogP contribution in [-0.2, 0) is 0 Å². The second kappa shape index (κ2) is 9.89. The number of nitrogens with zero attached hydrogens (tertiary/aromatic N) is 2. The summed E-state index contributed by atoms with van der Waals surface area (Å²) in [5.74, 6) is -1.49. The van der Waals surface area contributed by atoms with Gasteiger partial charge < -0.3 is 11.5 Å². The molecule has 2 heterocycles. The molecule has 2 aromatic carbocycles. The molecule has 0 aliphatic heterocycles. The Morgan fingerprint density at radius 1 is 0.722 bits per heavy atom. The lowest BCUT2D eigenvalue weighted by molar-refractivity contribution is 0.0987. The fourth-order valence-corrected chi connectivity index (χ4v) is 4.39. The Kier molecular flexibility index (Phi) is 6.71. The third-order valence-corrected chi connectivity index (χ3v) is 6.17. The normalized spacial score (nSPS) is 10.6. The molecule has 0 saturated carbocycles. The molecule has 8 nitrogen and oxygen atoms in total. The van der Waals surface area contributed by atoms with Crippen molar-refractivity contribution in [2.24, 2.45) is 11.5 Å². The molecule has 4 aromatic rings. The molecule has 0 atom stereocenters. The van der Waals surface area contributed by atoms with Gasteiger partial charge in [0.05, 0.1) is 5.02 Å². The SMILES string of the molecule is Cc1c(-c2cc(C=O)cnc2C(N)=O)cccc1-c1cccc(-c2cc(C=O)cnc2C(N)=O)c1Cl. The van der Waals surface area contributed by atoms with Crippen molar-refractivity contribution in [3.63, 3.8) is 0 Å². The molecular formula is C27H19ClN4O4. The molecule has 2 amide bonds. The van der Waals surface area contributed by atoms with E-state index < -0.39 is 11.8 Å². The van der Waals surface area contributed by atoms with Crippen molar-refractivity contribution in [1.82, 2.24) is 9.97 Å². The third kappa shape index (κ3) is 4.37. The molecule has 36 heavy (non-hydrogen) atoms. The fraction of sp³-hybridized carbons (Fsp3) is 0.0370. The highest BCUT2D eigenvalue weighted by atomic mass is 35.5. The minimum absolute atomic E-state index is 0.0204. The second-order valence-electron chi connectivity index (χ2n) is 7.94. The molecule has 0 radical (unpaired) electrons. The van der Waals surface area contributed by atoms with Crippen LogP contribution in [0.25, 0.3) is 33.4 Å². The zero-order valence-corrected chi connectivity index (χ0v) is 19.7. The number of carbonyl (C=O) groups is 4. The first-order valence-corrected chi connectivity index (χ1v) is 11.0. The topological polar surface area (TPSA) is 146 Å². The molecule has 0 spiro atoms. The Morgan fingerprint density at radius 3 is 1.56 bits per heavy atom. The average Bonchev–Trinajstić information content (AvgIpc) is 2.88. The van der Waals surface area contributed by atoms with Crippen molar-refractivity contribution in [2.75, 3.05) is 0 Å². The monoisotopic (exact) mass is 498 g/mol. The van der Waals surface area contributed by atoms with E-state index in [1.54, 1.807) is 36.4 Å². The van der Waals surface area contributed by atoms with Crippen molar-refractivity contribution in [2.45, 2.75) is 6.92 Å². The van der Waals surface area contributed by atoms with Gasteiger partial charge >= 0.3 is 0 Å². The number of hydrogen-bond acceptors (Lipinski definition) is 6. The Balaban J connectivity index is 1.95. The van der Waals surface area contributed by atoms with Gasteiger partial charge in [0.1, 0.15) is 11.4 Å². The average molecular weight is 499 g/mol. The van der Waals surface area contributed by atoms with E-state index in [0.717, 1.165) is 11.1 Å². The zero-order chi connectivity index (χ0) is 26.0. The molecule has 0 aliphatic rings. The van der Waals surface area contributed by atoms with Gasteiger partial charge in [-0.2, -0.15) is 0 Å². The number of nitrogens with two attached hydrogens (primary N) is 2. The molecule has 178 valence electrons. The summed E-state index contributed by atoms with van der Waals surface area (Å²) in [7, 11) is 0. The Bertz CT molecular complexity index is 1450. The Hall–Kier alpha value is -4.69. The largest absolute Gasteiger partial charge is 0.364 e. The quantitative estimate of drug-likeness (QED) is 0.364. The summed E-state index contributed by atoms with van der Waals surface area (Å²) >= 11 is 6.85. The second-order valence-corrected chi connectivity index (χ2v) is 8.32. The van der Waals surface area contributed by atoms with Gasteiger partial charge in [0, 0.05) is 45.8 Å². The fourth-order valence-electron chi connectivity index (χ4n) is 4.06. The van der Waals surface area contributed by atoms with Crippen LogP contribution < -0.4 is 11.5 Å². The molecule has 0 fully saturated rings. The smallest absolute Gasteiger partial charge is 0.267 e. The van der Waals surface area contributed by atoms with Gasteiger partial charge in [-0.15, -0.1) is 0 Å². The van der Waals surface area contributed by atoms with Crippen molar-refractivity contribution in [3.8, 4) is 33.4 Å². The minimum atomic E-state index is -0.761. The highest BCUT2D eigenvalue weighted by Gasteiger charge is 2.20. The van der Waals surface area contributed by atoms with Gasteiger partial charge in [-0.1, -0.05) is 48.0 Å². The first-order chi connectivity index (χ1) is 17.3. The maximum absolute atomic E-state index is 12.0. The van der Waals surface area contributed by atoms with Crippen molar-refractivity contribution in [1.29, 1.82) is 0 Å². The number of carbonyl (C=O) groups excluding carboxylic acids is 4. The lowest BCUT2D eigenvalue weighted by Gasteiger charge is -2.17. The van der Waals surface area contributed by atoms with Crippen LogP contribution in [0.15, 0.2) is 60.9 Å². The predicted molar refractivity (Wildman–Crippen MR) is 136 cm³/mol. The maximum atomic E-state index is 12.0. The predicted octanol–water partition coefficient (Wildman–Crippen LogP) is 4.26. The summed E-state index contributed by atoms with van der Waals surface area (Å²) in [4.78, 5) is 54.8. The van der Waals surface area contributed by atoms with E-state index in [2.05, 4.69) is 9.97 Å². The third-order valence-electron chi connectivity index (χ3n) is 5.76. The van der Waals surface area contributed by atoms with Gasteiger partial charge in [0.15, 0.2) is 12.6 Å².